The van der Waals surface area contributed by atoms with E-state index in [1.807, 2.05) is 12.1 Å². The number of rotatable bonds is 1. The van der Waals surface area contributed by atoms with E-state index in [0.717, 1.165) is 4.90 Å². The number of hydrogen-bond acceptors (Lipinski definition) is 0. The quantitative estimate of drug-likeness (QED) is 0.577. The fourth-order valence-corrected chi connectivity index (χ4v) is 0.989. The Morgan fingerprint density at radius 2 is 1.60 bits per heavy atom. The maximum atomic E-state index is 4.96. The summed E-state index contributed by atoms with van der Waals surface area (Å²) in [5.74, 6) is 0.607. The predicted octanol–water partition coefficient (Wildman–Crippen LogP) is 3.37. The van der Waals surface area contributed by atoms with E-state index < -0.39 is 0 Å². The molecule has 0 heterocycles. The molecule has 0 aliphatic rings. The van der Waals surface area contributed by atoms with Gasteiger partial charge in [0.05, 0.1) is 0 Å². The Kier molecular flexibility index (Phi) is 2.28. The van der Waals surface area contributed by atoms with Crippen LogP contribution in [0.25, 0.3) is 0 Å². The van der Waals surface area contributed by atoms with Gasteiger partial charge < -0.3 is 0 Å². The molecule has 1 aromatic carbocycles. The van der Waals surface area contributed by atoms with Crippen molar-refractivity contribution in [2.24, 2.45) is 0 Å². The van der Waals surface area contributed by atoms with Gasteiger partial charge in [0.1, 0.15) is 0 Å². The lowest BCUT2D eigenvalue weighted by Crippen LogP contribution is -1.84. The van der Waals surface area contributed by atoms with Crippen LogP contribution in [0.2, 0.25) is 0 Å². The van der Waals surface area contributed by atoms with E-state index in [1.165, 1.54) is 5.56 Å². The fraction of sp³-hybridized carbons (Fsp3) is 0.333. The van der Waals surface area contributed by atoms with Gasteiger partial charge >= 0.3 is 0 Å². The first-order valence-corrected chi connectivity index (χ1v) is 3.88. The van der Waals surface area contributed by atoms with Gasteiger partial charge in [-0.1, -0.05) is 38.6 Å². The molecule has 0 saturated heterocycles. The second-order valence-electron chi connectivity index (χ2n) is 2.72. The van der Waals surface area contributed by atoms with Gasteiger partial charge in [-0.3, -0.25) is 0 Å². The van der Waals surface area contributed by atoms with Crippen molar-refractivity contribution in [2.75, 3.05) is 0 Å². The third-order valence-corrected chi connectivity index (χ3v) is 1.82. The van der Waals surface area contributed by atoms with Gasteiger partial charge in [-0.15, -0.1) is 0 Å². The zero-order valence-corrected chi connectivity index (χ0v) is 7.11. The standard InChI is InChI=1S/C9H11S/c1-7(2)8-3-5-9(10)6-4-8/h3-7H,1-2H3. The maximum absolute atomic E-state index is 4.96. The average molecular weight is 151 g/mol. The van der Waals surface area contributed by atoms with E-state index in [9.17, 15) is 0 Å². The molecule has 53 valence electrons. The molecular weight excluding hydrogens is 140 g/mol. The van der Waals surface area contributed by atoms with Crippen LogP contribution in [0.15, 0.2) is 29.2 Å². The Balaban J connectivity index is 2.89. The first-order chi connectivity index (χ1) is 4.70. The van der Waals surface area contributed by atoms with Crippen molar-refractivity contribution in [3.63, 3.8) is 0 Å². The van der Waals surface area contributed by atoms with Crippen LogP contribution in [0, 0.1) is 0 Å². The highest BCUT2D eigenvalue weighted by Crippen LogP contribution is 2.15. The van der Waals surface area contributed by atoms with Crippen LogP contribution < -0.4 is 0 Å². The van der Waals surface area contributed by atoms with Crippen molar-refractivity contribution in [2.45, 2.75) is 24.7 Å². The van der Waals surface area contributed by atoms with Crippen molar-refractivity contribution in [3.05, 3.63) is 29.8 Å². The Hall–Kier alpha value is -0.560. The average Bonchev–Trinajstić information content (AvgIpc) is 1.88. The summed E-state index contributed by atoms with van der Waals surface area (Å²) >= 11 is 4.96. The van der Waals surface area contributed by atoms with E-state index in [1.54, 1.807) is 0 Å². The van der Waals surface area contributed by atoms with Crippen LogP contribution in [-0.4, -0.2) is 0 Å². The molecule has 0 N–H and O–H groups in total. The molecule has 10 heavy (non-hydrogen) atoms. The number of benzene rings is 1. The molecule has 0 amide bonds. The molecule has 0 bridgehead atoms. The predicted molar refractivity (Wildman–Crippen MR) is 46.4 cm³/mol. The highest BCUT2D eigenvalue weighted by atomic mass is 32.1. The molecule has 1 aromatic rings. The molecule has 0 aromatic heterocycles. The van der Waals surface area contributed by atoms with Gasteiger partial charge in [-0.25, -0.2) is 0 Å². The summed E-state index contributed by atoms with van der Waals surface area (Å²) in [5.41, 5.74) is 1.36. The van der Waals surface area contributed by atoms with Gasteiger partial charge in [-0.05, 0) is 23.6 Å². The van der Waals surface area contributed by atoms with Gasteiger partial charge in [0, 0.05) is 4.90 Å². The number of hydrogen-bond donors (Lipinski definition) is 0. The molecule has 0 saturated carbocycles. The summed E-state index contributed by atoms with van der Waals surface area (Å²) in [5, 5.41) is 0. The van der Waals surface area contributed by atoms with Gasteiger partial charge in [0.25, 0.3) is 0 Å². The van der Waals surface area contributed by atoms with E-state index in [0.29, 0.717) is 5.92 Å². The van der Waals surface area contributed by atoms with E-state index in [-0.39, 0.29) is 0 Å². The lowest BCUT2D eigenvalue weighted by atomic mass is 10.0. The summed E-state index contributed by atoms with van der Waals surface area (Å²) in [4.78, 5) is 0.921. The van der Waals surface area contributed by atoms with Crippen LogP contribution in [0.5, 0.6) is 0 Å². The molecule has 0 spiro atoms. The minimum absolute atomic E-state index is 0.607. The Bertz CT molecular complexity index is 198. The fourth-order valence-electron chi connectivity index (χ4n) is 0.853. The monoisotopic (exact) mass is 151 g/mol. The molecule has 1 heteroatoms. The third kappa shape index (κ3) is 1.71. The molecule has 0 unspecified atom stereocenters. The van der Waals surface area contributed by atoms with Gasteiger partial charge in [-0.2, -0.15) is 0 Å². The van der Waals surface area contributed by atoms with Crippen LogP contribution in [0.4, 0.5) is 0 Å². The SMILES string of the molecule is CC(C)c1ccc([S])cc1. The molecule has 1 radical (unpaired) electrons. The summed E-state index contributed by atoms with van der Waals surface area (Å²) in [7, 11) is 0. The van der Waals surface area contributed by atoms with Gasteiger partial charge in [0.15, 0.2) is 0 Å². The summed E-state index contributed by atoms with van der Waals surface area (Å²) in [6.45, 7) is 4.36. The largest absolute Gasteiger partial charge is 0.0801 e. The second kappa shape index (κ2) is 3.02. The van der Waals surface area contributed by atoms with Crippen molar-refractivity contribution in [1.82, 2.24) is 0 Å². The first kappa shape index (κ1) is 7.55. The molecule has 0 atom stereocenters. The van der Waals surface area contributed by atoms with E-state index in [4.69, 9.17) is 12.6 Å². The van der Waals surface area contributed by atoms with Crippen LogP contribution in [0.3, 0.4) is 0 Å². The minimum atomic E-state index is 0.607. The van der Waals surface area contributed by atoms with Crippen molar-refractivity contribution >= 4 is 12.6 Å². The molecule has 1 rings (SSSR count). The molecule has 0 aliphatic carbocycles. The summed E-state index contributed by atoms with van der Waals surface area (Å²) < 4.78 is 0. The highest BCUT2D eigenvalue weighted by molar-refractivity contribution is 7.80. The topological polar surface area (TPSA) is 0 Å². The zero-order valence-electron chi connectivity index (χ0n) is 6.29. The summed E-state index contributed by atoms with van der Waals surface area (Å²) in [6.07, 6.45) is 0. The van der Waals surface area contributed by atoms with E-state index >= 15 is 0 Å². The third-order valence-electron chi connectivity index (χ3n) is 1.55. The maximum Gasteiger partial charge on any atom is 0.0377 e. The Morgan fingerprint density at radius 1 is 1.10 bits per heavy atom. The molecular formula is C9H11S. The molecule has 0 fully saturated rings. The van der Waals surface area contributed by atoms with Crippen molar-refractivity contribution in [1.29, 1.82) is 0 Å². The molecule has 0 aliphatic heterocycles. The lowest BCUT2D eigenvalue weighted by molar-refractivity contribution is 0.865. The second-order valence-corrected chi connectivity index (χ2v) is 3.20. The van der Waals surface area contributed by atoms with Crippen molar-refractivity contribution < 1.29 is 0 Å². The zero-order chi connectivity index (χ0) is 7.56. The normalized spacial score (nSPS) is 10.3. The van der Waals surface area contributed by atoms with Crippen LogP contribution in [0.1, 0.15) is 25.3 Å². The smallest absolute Gasteiger partial charge is 0.0377 e. The Labute approximate surface area is 67.7 Å². The van der Waals surface area contributed by atoms with Crippen molar-refractivity contribution in [3.8, 4) is 0 Å². The minimum Gasteiger partial charge on any atom is -0.0801 e. The van der Waals surface area contributed by atoms with Crippen LogP contribution in [-0.2, 0) is 0 Å². The summed E-state index contributed by atoms with van der Waals surface area (Å²) in [6, 6.07) is 8.13. The van der Waals surface area contributed by atoms with Crippen LogP contribution >= 0.6 is 12.6 Å². The first-order valence-electron chi connectivity index (χ1n) is 3.47. The highest BCUT2D eigenvalue weighted by Gasteiger charge is 1.96. The Morgan fingerprint density at radius 3 is 2.00 bits per heavy atom. The molecule has 0 nitrogen and oxygen atoms in total. The van der Waals surface area contributed by atoms with E-state index in [2.05, 4.69) is 26.0 Å². The van der Waals surface area contributed by atoms with Gasteiger partial charge in [0.2, 0.25) is 0 Å². The lowest BCUT2D eigenvalue weighted by Gasteiger charge is -2.03.